The van der Waals surface area contributed by atoms with E-state index in [1.54, 1.807) is 6.92 Å². The van der Waals surface area contributed by atoms with Gasteiger partial charge in [-0.1, -0.05) is 12.1 Å². The topological polar surface area (TPSA) is 95.1 Å². The van der Waals surface area contributed by atoms with Gasteiger partial charge in [0.15, 0.2) is 0 Å². The number of aromatic nitrogens is 2. The van der Waals surface area contributed by atoms with Gasteiger partial charge in [0.1, 0.15) is 5.69 Å². The summed E-state index contributed by atoms with van der Waals surface area (Å²) in [6.07, 6.45) is 2.30. The molecule has 3 aromatic rings. The van der Waals surface area contributed by atoms with E-state index in [2.05, 4.69) is 15.3 Å². The lowest BCUT2D eigenvalue weighted by atomic mass is 10.0. The zero-order valence-corrected chi connectivity index (χ0v) is 13.2. The Bertz CT molecular complexity index is 915. The molecule has 3 rings (SSSR count). The third-order valence-corrected chi connectivity index (χ3v) is 3.75. The largest absolute Gasteiger partial charge is 0.478 e. The van der Waals surface area contributed by atoms with E-state index in [4.69, 9.17) is 0 Å². The molecule has 2 heterocycles. The molecule has 6 nitrogen and oxygen atoms in total. The van der Waals surface area contributed by atoms with Gasteiger partial charge < -0.3 is 15.4 Å². The SMILES string of the molecule is CCNC(=O)c1cc(C(=O)O)cc(Cc2cccc3[nH]ccc23)n1. The molecule has 0 saturated heterocycles. The molecule has 3 N–H and O–H groups in total. The molecule has 0 fully saturated rings. The first kappa shape index (κ1) is 15.7. The van der Waals surface area contributed by atoms with Gasteiger partial charge in [-0.2, -0.15) is 0 Å². The van der Waals surface area contributed by atoms with E-state index in [0.717, 1.165) is 16.5 Å². The van der Waals surface area contributed by atoms with Crippen LogP contribution in [0.25, 0.3) is 10.9 Å². The Kier molecular flexibility index (Phi) is 4.29. The number of H-pyrrole nitrogens is 1. The first-order valence-corrected chi connectivity index (χ1v) is 7.66. The van der Waals surface area contributed by atoms with Gasteiger partial charge in [-0.3, -0.25) is 4.79 Å². The monoisotopic (exact) mass is 323 g/mol. The molecule has 0 aliphatic carbocycles. The Hall–Kier alpha value is -3.15. The van der Waals surface area contributed by atoms with Crippen LogP contribution in [0.2, 0.25) is 0 Å². The Balaban J connectivity index is 2.02. The summed E-state index contributed by atoms with van der Waals surface area (Å²) in [5.74, 6) is -1.45. The van der Waals surface area contributed by atoms with E-state index in [-0.39, 0.29) is 17.2 Å². The number of rotatable bonds is 5. The van der Waals surface area contributed by atoms with E-state index in [1.807, 2.05) is 30.5 Å². The van der Waals surface area contributed by atoms with Gasteiger partial charge in [-0.25, -0.2) is 9.78 Å². The number of nitrogens with one attached hydrogen (secondary N) is 2. The molecule has 0 radical (unpaired) electrons. The Morgan fingerprint density at radius 1 is 1.25 bits per heavy atom. The summed E-state index contributed by atoms with van der Waals surface area (Å²) in [5, 5.41) is 13.0. The molecule has 2 aromatic heterocycles. The van der Waals surface area contributed by atoms with Crippen molar-refractivity contribution >= 4 is 22.8 Å². The number of hydrogen-bond donors (Lipinski definition) is 3. The van der Waals surface area contributed by atoms with Crippen molar-refractivity contribution in [2.45, 2.75) is 13.3 Å². The highest BCUT2D eigenvalue weighted by molar-refractivity contribution is 5.96. The van der Waals surface area contributed by atoms with Crippen LogP contribution >= 0.6 is 0 Å². The van der Waals surface area contributed by atoms with Crippen molar-refractivity contribution in [1.29, 1.82) is 0 Å². The summed E-state index contributed by atoms with van der Waals surface area (Å²) in [6, 6.07) is 10.7. The lowest BCUT2D eigenvalue weighted by molar-refractivity contribution is 0.0696. The van der Waals surface area contributed by atoms with Crippen molar-refractivity contribution in [2.24, 2.45) is 0 Å². The first-order valence-electron chi connectivity index (χ1n) is 7.66. The quantitative estimate of drug-likeness (QED) is 0.672. The van der Waals surface area contributed by atoms with Gasteiger partial charge in [-0.15, -0.1) is 0 Å². The Morgan fingerprint density at radius 3 is 2.83 bits per heavy atom. The van der Waals surface area contributed by atoms with Gasteiger partial charge in [0, 0.05) is 35.8 Å². The minimum absolute atomic E-state index is 0.0579. The second-order valence-electron chi connectivity index (χ2n) is 5.43. The van der Waals surface area contributed by atoms with Crippen molar-refractivity contribution in [3.63, 3.8) is 0 Å². The van der Waals surface area contributed by atoms with Crippen LogP contribution in [0, 0.1) is 0 Å². The van der Waals surface area contributed by atoms with Gasteiger partial charge in [0.05, 0.1) is 5.56 Å². The molecule has 0 spiro atoms. The highest BCUT2D eigenvalue weighted by Gasteiger charge is 2.14. The van der Waals surface area contributed by atoms with Crippen LogP contribution in [0.15, 0.2) is 42.6 Å². The van der Waals surface area contributed by atoms with E-state index in [0.29, 0.717) is 18.7 Å². The van der Waals surface area contributed by atoms with E-state index in [1.165, 1.54) is 12.1 Å². The van der Waals surface area contributed by atoms with E-state index >= 15 is 0 Å². The van der Waals surface area contributed by atoms with Gasteiger partial charge in [0.2, 0.25) is 0 Å². The molecular formula is C18H17N3O3. The molecule has 0 bridgehead atoms. The number of nitrogens with zero attached hydrogens (tertiary/aromatic N) is 1. The number of pyridine rings is 1. The van der Waals surface area contributed by atoms with Gasteiger partial charge >= 0.3 is 5.97 Å². The van der Waals surface area contributed by atoms with E-state index in [9.17, 15) is 14.7 Å². The Labute approximate surface area is 138 Å². The number of benzene rings is 1. The fourth-order valence-electron chi connectivity index (χ4n) is 2.67. The average Bonchev–Trinajstić information content (AvgIpc) is 3.04. The second-order valence-corrected chi connectivity index (χ2v) is 5.43. The maximum Gasteiger partial charge on any atom is 0.335 e. The second kappa shape index (κ2) is 6.54. The molecule has 122 valence electrons. The molecule has 6 heteroatoms. The summed E-state index contributed by atoms with van der Waals surface area (Å²) < 4.78 is 0. The number of hydrogen-bond acceptors (Lipinski definition) is 3. The summed E-state index contributed by atoms with van der Waals surface area (Å²) in [4.78, 5) is 30.8. The molecule has 0 atom stereocenters. The maximum atomic E-state index is 12.0. The number of amides is 1. The number of carboxylic acids is 1. The zero-order chi connectivity index (χ0) is 17.1. The molecule has 1 amide bonds. The predicted octanol–water partition coefficient (Wildman–Crippen LogP) is 2.60. The molecule has 1 aromatic carbocycles. The van der Waals surface area contributed by atoms with Crippen LogP contribution in [-0.4, -0.2) is 33.5 Å². The molecule has 0 aliphatic heterocycles. The number of carboxylic acid groups (broad SMARTS) is 1. The zero-order valence-electron chi connectivity index (χ0n) is 13.2. The Morgan fingerprint density at radius 2 is 2.08 bits per heavy atom. The van der Waals surface area contributed by atoms with Crippen molar-refractivity contribution in [2.75, 3.05) is 6.54 Å². The normalized spacial score (nSPS) is 10.7. The fraction of sp³-hybridized carbons (Fsp3) is 0.167. The van der Waals surface area contributed by atoms with Gasteiger partial charge in [0.25, 0.3) is 5.91 Å². The summed E-state index contributed by atoms with van der Waals surface area (Å²) in [7, 11) is 0. The lowest BCUT2D eigenvalue weighted by Crippen LogP contribution is -2.24. The van der Waals surface area contributed by atoms with Crippen molar-refractivity contribution < 1.29 is 14.7 Å². The van der Waals surface area contributed by atoms with Crippen LogP contribution < -0.4 is 5.32 Å². The molecule has 0 aliphatic rings. The first-order chi connectivity index (χ1) is 11.6. The van der Waals surface area contributed by atoms with Crippen molar-refractivity contribution in [1.82, 2.24) is 15.3 Å². The number of fused-ring (bicyclic) bond motifs is 1. The highest BCUT2D eigenvalue weighted by Crippen LogP contribution is 2.20. The molecule has 24 heavy (non-hydrogen) atoms. The number of carbonyl (C=O) groups is 2. The predicted molar refractivity (Wildman–Crippen MR) is 90.3 cm³/mol. The highest BCUT2D eigenvalue weighted by atomic mass is 16.4. The fourth-order valence-corrected chi connectivity index (χ4v) is 2.67. The minimum atomic E-state index is -1.08. The molecule has 0 unspecified atom stereocenters. The van der Waals surface area contributed by atoms with Crippen LogP contribution in [0.5, 0.6) is 0 Å². The smallest absolute Gasteiger partial charge is 0.335 e. The average molecular weight is 323 g/mol. The minimum Gasteiger partial charge on any atom is -0.478 e. The third-order valence-electron chi connectivity index (χ3n) is 3.75. The third kappa shape index (κ3) is 3.12. The summed E-state index contributed by atoms with van der Waals surface area (Å²) in [5.41, 5.74) is 2.75. The lowest BCUT2D eigenvalue weighted by Gasteiger charge is -2.08. The number of aromatic amines is 1. The van der Waals surface area contributed by atoms with Crippen LogP contribution in [0.3, 0.4) is 0 Å². The number of aromatic carboxylic acids is 1. The van der Waals surface area contributed by atoms with Crippen molar-refractivity contribution in [3.05, 3.63) is 65.1 Å². The van der Waals surface area contributed by atoms with E-state index < -0.39 is 5.97 Å². The summed E-state index contributed by atoms with van der Waals surface area (Å²) >= 11 is 0. The van der Waals surface area contributed by atoms with Gasteiger partial charge in [-0.05, 0) is 36.8 Å². The standard InChI is InChI=1S/C18H17N3O3/c1-2-19-17(22)16-10-12(18(23)24)9-13(21-16)8-11-4-3-5-15-14(11)6-7-20-15/h3-7,9-10,20H,2,8H2,1H3,(H,19,22)(H,23,24). The molecular weight excluding hydrogens is 306 g/mol. The van der Waals surface area contributed by atoms with Crippen molar-refractivity contribution in [3.8, 4) is 0 Å². The van der Waals surface area contributed by atoms with Crippen LogP contribution in [-0.2, 0) is 6.42 Å². The van der Waals surface area contributed by atoms with Crippen LogP contribution in [0.1, 0.15) is 39.0 Å². The number of carbonyl (C=O) groups excluding carboxylic acids is 1. The van der Waals surface area contributed by atoms with Crippen LogP contribution in [0.4, 0.5) is 0 Å². The molecule has 0 saturated carbocycles. The maximum absolute atomic E-state index is 12.0. The summed E-state index contributed by atoms with van der Waals surface area (Å²) in [6.45, 7) is 2.25.